The molecule has 16 nitrogen and oxygen atoms in total. The molecule has 0 aromatic heterocycles. The molecule has 0 aliphatic heterocycles. The maximum absolute atomic E-state index is 13.3. The molecule has 41 heavy (non-hydrogen) atoms. The van der Waals surface area contributed by atoms with E-state index in [4.69, 9.17) is 28.7 Å². The molecule has 4 atom stereocenters. The van der Waals surface area contributed by atoms with Crippen LogP contribution in [0.3, 0.4) is 0 Å². The van der Waals surface area contributed by atoms with Gasteiger partial charge in [-0.2, -0.15) is 12.6 Å². The molecule has 0 saturated carbocycles. The van der Waals surface area contributed by atoms with Crippen molar-refractivity contribution in [1.82, 2.24) is 16.0 Å². The minimum absolute atomic E-state index is 0.00322. The molecule has 228 valence electrons. The molecule has 0 saturated heterocycles. The SMILES string of the molecule is NC(N)=NCCCC(NC(=O)C(N)CS)C(=O)NC(CCCN=C(N)N)C(=O)NC(Cc1ccc(O)cc1)C(=O)O. The lowest BCUT2D eigenvalue weighted by atomic mass is 10.0. The maximum Gasteiger partial charge on any atom is 0.326 e. The van der Waals surface area contributed by atoms with E-state index in [1.165, 1.54) is 24.3 Å². The summed E-state index contributed by atoms with van der Waals surface area (Å²) in [6.45, 7) is 0.327. The second kappa shape index (κ2) is 18.2. The van der Waals surface area contributed by atoms with E-state index in [0.29, 0.717) is 12.0 Å². The third kappa shape index (κ3) is 14.1. The molecular weight excluding hydrogens is 556 g/mol. The monoisotopic (exact) mass is 596 g/mol. The lowest BCUT2D eigenvalue weighted by molar-refractivity contribution is -0.142. The largest absolute Gasteiger partial charge is 0.508 e. The topological polar surface area (TPSA) is 300 Å². The van der Waals surface area contributed by atoms with Crippen molar-refractivity contribution < 1.29 is 29.4 Å². The average molecular weight is 597 g/mol. The lowest BCUT2D eigenvalue weighted by Crippen LogP contribution is -2.57. The quantitative estimate of drug-likeness (QED) is 0.0348. The molecule has 0 aliphatic rings. The van der Waals surface area contributed by atoms with Crippen LogP contribution in [0.15, 0.2) is 34.3 Å². The summed E-state index contributed by atoms with van der Waals surface area (Å²) in [6.07, 6.45) is 0.639. The number of carbonyl (C=O) groups excluding carboxylic acids is 3. The number of nitrogens with one attached hydrogen (secondary N) is 3. The van der Waals surface area contributed by atoms with Gasteiger partial charge in [-0.05, 0) is 43.4 Å². The Balaban J connectivity index is 3.11. The normalized spacial score (nSPS) is 13.5. The molecule has 17 heteroatoms. The molecule has 1 aromatic carbocycles. The van der Waals surface area contributed by atoms with Crippen molar-refractivity contribution in [3.63, 3.8) is 0 Å². The van der Waals surface area contributed by atoms with Gasteiger partial charge in [0.25, 0.3) is 0 Å². The minimum Gasteiger partial charge on any atom is -0.508 e. The van der Waals surface area contributed by atoms with Gasteiger partial charge in [0.05, 0.1) is 6.04 Å². The zero-order chi connectivity index (χ0) is 30.9. The standard InChI is InChI=1S/C24H40N10O6S/c25-15(12-41)19(36)32-16(3-1-9-30-23(26)27)20(37)33-17(4-2-10-31-24(28)29)21(38)34-18(22(39)40)11-13-5-7-14(35)8-6-13/h5-8,15-18,35,41H,1-4,9-12,25H2,(H,32,36)(H,33,37)(H,34,38)(H,39,40)(H4,26,27,30)(H4,28,29,31). The van der Waals surface area contributed by atoms with Crippen molar-refractivity contribution in [2.24, 2.45) is 38.7 Å². The third-order valence-electron chi connectivity index (χ3n) is 5.68. The number of aliphatic carboxylic acids is 1. The molecule has 4 unspecified atom stereocenters. The second-order valence-corrected chi connectivity index (χ2v) is 9.44. The molecule has 0 aliphatic carbocycles. The third-order valence-corrected chi connectivity index (χ3v) is 6.07. The van der Waals surface area contributed by atoms with Gasteiger partial charge in [0, 0.05) is 25.3 Å². The number of rotatable bonds is 18. The molecule has 0 radical (unpaired) electrons. The van der Waals surface area contributed by atoms with E-state index in [2.05, 4.69) is 38.6 Å². The molecule has 1 rings (SSSR count). The van der Waals surface area contributed by atoms with Gasteiger partial charge < -0.3 is 54.8 Å². The number of hydrogen-bond donors (Lipinski definition) is 11. The van der Waals surface area contributed by atoms with Crippen molar-refractivity contribution in [2.45, 2.75) is 56.3 Å². The Morgan fingerprint density at radius 1 is 0.780 bits per heavy atom. The van der Waals surface area contributed by atoms with E-state index in [1.807, 2.05) is 0 Å². The first-order valence-corrected chi connectivity index (χ1v) is 13.4. The van der Waals surface area contributed by atoms with Crippen molar-refractivity contribution in [1.29, 1.82) is 0 Å². The summed E-state index contributed by atoms with van der Waals surface area (Å²) in [7, 11) is 0. The Bertz CT molecular complexity index is 1080. The van der Waals surface area contributed by atoms with Gasteiger partial charge in [-0.3, -0.25) is 24.4 Å². The zero-order valence-corrected chi connectivity index (χ0v) is 23.4. The molecular formula is C24H40N10O6S. The van der Waals surface area contributed by atoms with Crippen LogP contribution in [0.25, 0.3) is 0 Å². The van der Waals surface area contributed by atoms with E-state index >= 15 is 0 Å². The number of nitrogens with two attached hydrogens (primary N) is 5. The number of phenolic OH excluding ortho intramolecular Hbond substituents is 1. The molecule has 3 amide bonds. The second-order valence-electron chi connectivity index (χ2n) is 9.08. The van der Waals surface area contributed by atoms with Crippen molar-refractivity contribution in [2.75, 3.05) is 18.8 Å². The van der Waals surface area contributed by atoms with Crippen LogP contribution in [0.4, 0.5) is 0 Å². The Labute approximate surface area is 243 Å². The number of guanidine groups is 2. The van der Waals surface area contributed by atoms with Gasteiger partial charge in [0.15, 0.2) is 11.9 Å². The van der Waals surface area contributed by atoms with Crippen LogP contribution < -0.4 is 44.6 Å². The van der Waals surface area contributed by atoms with Gasteiger partial charge in [-0.25, -0.2) is 4.79 Å². The Hall–Kier alpha value is -4.25. The van der Waals surface area contributed by atoms with Crippen LogP contribution in [0.1, 0.15) is 31.2 Å². The summed E-state index contributed by atoms with van der Waals surface area (Å²) in [5, 5.41) is 26.7. The zero-order valence-electron chi connectivity index (χ0n) is 22.5. The summed E-state index contributed by atoms with van der Waals surface area (Å²) in [5.74, 6) is -3.67. The highest BCUT2D eigenvalue weighted by Gasteiger charge is 2.30. The fraction of sp³-hybridized carbons (Fsp3) is 0.500. The van der Waals surface area contributed by atoms with Crippen LogP contribution in [-0.2, 0) is 25.6 Å². The number of phenols is 1. The number of aromatic hydroxyl groups is 1. The first-order valence-electron chi connectivity index (χ1n) is 12.7. The number of thiol groups is 1. The van der Waals surface area contributed by atoms with E-state index in [9.17, 15) is 29.4 Å². The highest BCUT2D eigenvalue weighted by Crippen LogP contribution is 2.12. The van der Waals surface area contributed by atoms with Gasteiger partial charge in [-0.1, -0.05) is 12.1 Å². The number of carbonyl (C=O) groups is 4. The predicted octanol–water partition coefficient (Wildman–Crippen LogP) is -3.16. The lowest BCUT2D eigenvalue weighted by Gasteiger charge is -2.25. The summed E-state index contributed by atoms with van der Waals surface area (Å²) in [6, 6.07) is 1.20. The van der Waals surface area contributed by atoms with E-state index in [-0.39, 0.29) is 62.2 Å². The number of carboxylic acid groups (broad SMARTS) is 1. The average Bonchev–Trinajstić information content (AvgIpc) is 2.91. The molecule has 0 bridgehead atoms. The molecule has 1 aromatic rings. The van der Waals surface area contributed by atoms with Crippen LogP contribution in [-0.4, -0.2) is 88.8 Å². The highest BCUT2D eigenvalue weighted by molar-refractivity contribution is 7.80. The molecule has 0 spiro atoms. The first kappa shape index (κ1) is 34.8. The van der Waals surface area contributed by atoms with Gasteiger partial charge in [-0.15, -0.1) is 0 Å². The van der Waals surface area contributed by atoms with Crippen molar-refractivity contribution >= 4 is 48.2 Å². The Morgan fingerprint density at radius 3 is 1.63 bits per heavy atom. The Morgan fingerprint density at radius 2 is 1.22 bits per heavy atom. The van der Waals surface area contributed by atoms with E-state index < -0.39 is 47.9 Å². The van der Waals surface area contributed by atoms with E-state index in [1.54, 1.807) is 0 Å². The van der Waals surface area contributed by atoms with Crippen molar-refractivity contribution in [3.8, 4) is 5.75 Å². The summed E-state index contributed by atoms with van der Waals surface area (Å²) in [5.41, 5.74) is 27.6. The number of hydrogen-bond acceptors (Lipinski definition) is 9. The van der Waals surface area contributed by atoms with Crippen molar-refractivity contribution in [3.05, 3.63) is 29.8 Å². The predicted molar refractivity (Wildman–Crippen MR) is 157 cm³/mol. The summed E-state index contributed by atoms with van der Waals surface area (Å²) >= 11 is 4.00. The fourth-order valence-corrected chi connectivity index (χ4v) is 3.68. The molecule has 0 fully saturated rings. The fourth-order valence-electron chi connectivity index (χ4n) is 3.52. The first-order chi connectivity index (χ1) is 19.3. The molecule has 0 heterocycles. The summed E-state index contributed by atoms with van der Waals surface area (Å²) < 4.78 is 0. The van der Waals surface area contributed by atoms with Gasteiger partial charge >= 0.3 is 5.97 Å². The maximum atomic E-state index is 13.3. The van der Waals surface area contributed by atoms with Crippen LogP contribution in [0.2, 0.25) is 0 Å². The number of nitrogens with zero attached hydrogens (tertiary/aromatic N) is 2. The highest BCUT2D eigenvalue weighted by atomic mass is 32.1. The summed E-state index contributed by atoms with van der Waals surface area (Å²) in [4.78, 5) is 58.5. The molecule has 15 N–H and O–H groups in total. The minimum atomic E-state index is -1.34. The number of carboxylic acids is 1. The number of benzene rings is 1. The van der Waals surface area contributed by atoms with Crippen LogP contribution >= 0.6 is 12.6 Å². The Kier molecular flexibility index (Phi) is 15.4. The van der Waals surface area contributed by atoms with Crippen LogP contribution in [0, 0.1) is 0 Å². The van der Waals surface area contributed by atoms with Gasteiger partial charge in [0.1, 0.15) is 23.9 Å². The van der Waals surface area contributed by atoms with Gasteiger partial charge in [0.2, 0.25) is 17.7 Å². The number of aliphatic imine (C=N–C) groups is 2. The van der Waals surface area contributed by atoms with E-state index in [0.717, 1.165) is 0 Å². The van der Waals surface area contributed by atoms with Crippen LogP contribution in [0.5, 0.6) is 5.75 Å². The number of amides is 3. The smallest absolute Gasteiger partial charge is 0.326 e.